The summed E-state index contributed by atoms with van der Waals surface area (Å²) < 4.78 is 11.5. The van der Waals surface area contributed by atoms with E-state index in [1.165, 1.54) is 36.4 Å². The van der Waals surface area contributed by atoms with Gasteiger partial charge >= 0.3 is 0 Å². The van der Waals surface area contributed by atoms with Crippen molar-refractivity contribution in [3.8, 4) is 79.8 Å². The van der Waals surface area contributed by atoms with Gasteiger partial charge in [-0.25, -0.2) is 0 Å². The molecule has 0 saturated carbocycles. The predicted octanol–water partition coefficient (Wildman–Crippen LogP) is 4.55. The van der Waals surface area contributed by atoms with E-state index in [1.807, 2.05) is 0 Å². The summed E-state index contributed by atoms with van der Waals surface area (Å²) in [5.41, 5.74) is -3.17. The Hall–Kier alpha value is -6.30. The van der Waals surface area contributed by atoms with Gasteiger partial charge in [0.2, 0.25) is 22.4 Å². The second-order valence-corrected chi connectivity index (χ2v) is 9.33. The first-order chi connectivity index (χ1) is 20.0. The van der Waals surface area contributed by atoms with Crippen molar-refractivity contribution < 1.29 is 49.7 Å². The zero-order chi connectivity index (χ0) is 30.0. The minimum Gasteiger partial charge on any atom is -0.508 e. The normalized spacial score (nSPS) is 11.3. The molecular formula is C30H18O12. The Morgan fingerprint density at radius 2 is 1.10 bits per heavy atom. The Labute approximate surface area is 232 Å². The van der Waals surface area contributed by atoms with Gasteiger partial charge in [-0.3, -0.25) is 9.59 Å². The first-order valence-electron chi connectivity index (χ1n) is 12.1. The second kappa shape index (κ2) is 9.13. The van der Waals surface area contributed by atoms with Crippen molar-refractivity contribution in [1.82, 2.24) is 0 Å². The average Bonchev–Trinajstić information content (AvgIpc) is 2.93. The van der Waals surface area contributed by atoms with Crippen LogP contribution in [0.15, 0.2) is 79.1 Å². The fourth-order valence-corrected chi connectivity index (χ4v) is 4.74. The highest BCUT2D eigenvalue weighted by atomic mass is 16.4. The summed E-state index contributed by atoms with van der Waals surface area (Å²) in [7, 11) is 0. The first-order valence-corrected chi connectivity index (χ1v) is 12.1. The third-order valence-electron chi connectivity index (χ3n) is 6.69. The van der Waals surface area contributed by atoms with Crippen molar-refractivity contribution in [2.24, 2.45) is 0 Å². The molecule has 0 unspecified atom stereocenters. The highest BCUT2D eigenvalue weighted by Crippen LogP contribution is 2.47. The molecule has 0 saturated heterocycles. The minimum atomic E-state index is -1.06. The highest BCUT2D eigenvalue weighted by molar-refractivity contribution is 6.02. The lowest BCUT2D eigenvalue weighted by atomic mass is 9.96. The van der Waals surface area contributed by atoms with Gasteiger partial charge < -0.3 is 49.7 Å². The van der Waals surface area contributed by atoms with Gasteiger partial charge in [0.15, 0.2) is 17.1 Å². The Kier molecular flexibility index (Phi) is 5.64. The number of benzene rings is 4. The van der Waals surface area contributed by atoms with E-state index in [1.54, 1.807) is 0 Å². The average molecular weight is 570 g/mol. The van der Waals surface area contributed by atoms with E-state index in [9.17, 15) is 50.4 Å². The molecule has 6 rings (SSSR count). The number of fused-ring (bicyclic) bond motifs is 2. The van der Waals surface area contributed by atoms with Gasteiger partial charge in [-0.15, -0.1) is 0 Å². The van der Waals surface area contributed by atoms with Crippen LogP contribution in [0.2, 0.25) is 0 Å². The first kappa shape index (κ1) is 26.0. The van der Waals surface area contributed by atoms with E-state index in [2.05, 4.69) is 0 Å². The van der Waals surface area contributed by atoms with Crippen LogP contribution in [0, 0.1) is 0 Å². The smallest absolute Gasteiger partial charge is 0.238 e. The largest absolute Gasteiger partial charge is 0.508 e. The molecule has 0 bridgehead atoms. The van der Waals surface area contributed by atoms with Gasteiger partial charge in [0.25, 0.3) is 0 Å². The van der Waals surface area contributed by atoms with Crippen molar-refractivity contribution in [2.75, 3.05) is 0 Å². The van der Waals surface area contributed by atoms with Gasteiger partial charge in [0, 0.05) is 34.9 Å². The fraction of sp³-hybridized carbons (Fsp3) is 0. The van der Waals surface area contributed by atoms with Crippen LogP contribution in [0.4, 0.5) is 0 Å². The predicted molar refractivity (Wildman–Crippen MR) is 148 cm³/mol. The Bertz CT molecular complexity index is 2210. The monoisotopic (exact) mass is 570 g/mol. The van der Waals surface area contributed by atoms with E-state index in [0.717, 1.165) is 24.3 Å². The third kappa shape index (κ3) is 3.85. The SMILES string of the molecule is O=c1c(O)c(-c2ccc(O)c(-c3c(O)cc(O)c4c(=O)c(O)c(-c5ccc(O)cc5)oc34)c2)oc2cc(O)cc(O)c12. The Morgan fingerprint density at radius 3 is 1.79 bits per heavy atom. The topological polar surface area (TPSA) is 222 Å². The molecule has 8 N–H and O–H groups in total. The summed E-state index contributed by atoms with van der Waals surface area (Å²) >= 11 is 0. The lowest BCUT2D eigenvalue weighted by Crippen LogP contribution is -2.04. The van der Waals surface area contributed by atoms with Crippen LogP contribution in [0.25, 0.3) is 55.7 Å². The van der Waals surface area contributed by atoms with Crippen LogP contribution < -0.4 is 10.9 Å². The summed E-state index contributed by atoms with van der Waals surface area (Å²) in [5.74, 6) is -5.59. The van der Waals surface area contributed by atoms with Crippen molar-refractivity contribution in [1.29, 1.82) is 0 Å². The lowest BCUT2D eigenvalue weighted by Gasteiger charge is -2.15. The van der Waals surface area contributed by atoms with Gasteiger partial charge in [0.05, 0.1) is 5.56 Å². The van der Waals surface area contributed by atoms with Crippen molar-refractivity contribution in [3.05, 3.63) is 81.1 Å². The molecule has 6 aromatic rings. The lowest BCUT2D eigenvalue weighted by molar-refractivity contribution is 0.437. The molecule has 42 heavy (non-hydrogen) atoms. The van der Waals surface area contributed by atoms with Crippen molar-refractivity contribution in [3.63, 3.8) is 0 Å². The zero-order valence-electron chi connectivity index (χ0n) is 21.0. The maximum atomic E-state index is 13.2. The maximum absolute atomic E-state index is 13.2. The Morgan fingerprint density at radius 1 is 0.500 bits per heavy atom. The van der Waals surface area contributed by atoms with Crippen molar-refractivity contribution >= 4 is 21.9 Å². The number of rotatable bonds is 3. The number of hydrogen-bond acceptors (Lipinski definition) is 12. The Balaban J connectivity index is 1.66. The number of aromatic hydroxyl groups is 8. The summed E-state index contributed by atoms with van der Waals surface area (Å²) in [5, 5.41) is 82.1. The van der Waals surface area contributed by atoms with E-state index >= 15 is 0 Å². The summed E-state index contributed by atoms with van der Waals surface area (Å²) in [6.07, 6.45) is 0. The molecular weight excluding hydrogens is 552 g/mol. The van der Waals surface area contributed by atoms with Gasteiger partial charge in [-0.05, 0) is 42.5 Å². The molecule has 0 aliphatic carbocycles. The summed E-state index contributed by atoms with van der Waals surface area (Å²) in [6.45, 7) is 0. The van der Waals surface area contributed by atoms with E-state index in [0.29, 0.717) is 0 Å². The molecule has 0 spiro atoms. The molecule has 0 fully saturated rings. The zero-order valence-corrected chi connectivity index (χ0v) is 21.0. The molecule has 0 aliphatic heterocycles. The van der Waals surface area contributed by atoms with Gasteiger partial charge in [-0.1, -0.05) is 0 Å². The fourth-order valence-electron chi connectivity index (χ4n) is 4.74. The molecule has 0 aliphatic rings. The van der Waals surface area contributed by atoms with Crippen LogP contribution in [-0.2, 0) is 0 Å². The van der Waals surface area contributed by atoms with E-state index in [-0.39, 0.29) is 39.3 Å². The maximum Gasteiger partial charge on any atom is 0.238 e. The number of phenols is 6. The van der Waals surface area contributed by atoms with Crippen LogP contribution in [0.5, 0.6) is 46.0 Å². The van der Waals surface area contributed by atoms with Crippen LogP contribution in [0.1, 0.15) is 0 Å². The molecule has 12 heteroatoms. The molecule has 4 aromatic carbocycles. The molecule has 0 atom stereocenters. The highest BCUT2D eigenvalue weighted by Gasteiger charge is 2.26. The molecule has 12 nitrogen and oxygen atoms in total. The second-order valence-electron chi connectivity index (χ2n) is 9.33. The summed E-state index contributed by atoms with van der Waals surface area (Å²) in [6, 6.07) is 11.6. The number of phenolic OH excluding ortho intramolecular Hbond substituents is 6. The standard InChI is InChI=1S/C30H18O12/c31-13-4-1-11(2-5-13)28-27(40)25(38)23-19(36)10-18(35)21(30(23)42-28)15-7-12(3-6-16(15)33)29-26(39)24(37)22-17(34)8-14(32)9-20(22)41-29/h1-10,31-36,39-40H. The van der Waals surface area contributed by atoms with Crippen LogP contribution in [0.3, 0.4) is 0 Å². The molecule has 2 aromatic heterocycles. The van der Waals surface area contributed by atoms with Gasteiger partial charge in [-0.2, -0.15) is 0 Å². The van der Waals surface area contributed by atoms with Crippen LogP contribution >= 0.6 is 0 Å². The van der Waals surface area contributed by atoms with Gasteiger partial charge in [0.1, 0.15) is 50.9 Å². The quantitative estimate of drug-likeness (QED) is 0.147. The molecule has 210 valence electrons. The van der Waals surface area contributed by atoms with E-state index in [4.69, 9.17) is 8.83 Å². The van der Waals surface area contributed by atoms with Crippen molar-refractivity contribution in [2.45, 2.75) is 0 Å². The minimum absolute atomic E-state index is 0.0253. The molecule has 2 heterocycles. The van der Waals surface area contributed by atoms with Crippen LogP contribution in [-0.4, -0.2) is 40.9 Å². The van der Waals surface area contributed by atoms with E-state index < -0.39 is 73.2 Å². The molecule has 0 radical (unpaired) electrons. The third-order valence-corrected chi connectivity index (χ3v) is 6.69. The number of hydrogen-bond donors (Lipinski definition) is 8. The molecule has 0 amide bonds. The summed E-state index contributed by atoms with van der Waals surface area (Å²) in [4.78, 5) is 26.0.